The topological polar surface area (TPSA) is 52.5 Å². The number of aliphatic hydroxyl groups is 1. The van der Waals surface area contributed by atoms with E-state index in [1.807, 2.05) is 50.2 Å². The molecule has 20 heavy (non-hydrogen) atoms. The molecule has 0 aliphatic carbocycles. The molecule has 1 atom stereocenters. The molecule has 2 aromatic rings. The molecule has 106 valence electrons. The molecule has 3 N–H and O–H groups in total. The molecule has 2 aromatic carbocycles. The number of aryl methyl sites for hydroxylation is 2. The molecule has 0 bridgehead atoms. The van der Waals surface area contributed by atoms with E-state index in [1.54, 1.807) is 0 Å². The fraction of sp³-hybridized carbons (Fsp3) is 0.250. The van der Waals surface area contributed by atoms with Gasteiger partial charge in [0.25, 0.3) is 0 Å². The molecule has 0 amide bonds. The van der Waals surface area contributed by atoms with Gasteiger partial charge in [-0.25, -0.2) is 0 Å². The number of phenolic OH excluding ortho intramolecular Hbond substituents is 1. The van der Waals surface area contributed by atoms with Crippen molar-refractivity contribution in [2.75, 3.05) is 11.9 Å². The van der Waals surface area contributed by atoms with Crippen LogP contribution in [0.15, 0.2) is 40.9 Å². The summed E-state index contributed by atoms with van der Waals surface area (Å²) >= 11 is 3.48. The van der Waals surface area contributed by atoms with Crippen LogP contribution in [0.25, 0.3) is 0 Å². The van der Waals surface area contributed by atoms with Crippen molar-refractivity contribution in [2.24, 2.45) is 0 Å². The monoisotopic (exact) mass is 335 g/mol. The number of benzene rings is 2. The summed E-state index contributed by atoms with van der Waals surface area (Å²) in [5.41, 5.74) is 3.51. The van der Waals surface area contributed by atoms with Crippen LogP contribution in [0.1, 0.15) is 22.7 Å². The highest BCUT2D eigenvalue weighted by Crippen LogP contribution is 2.30. The van der Waals surface area contributed by atoms with Crippen molar-refractivity contribution >= 4 is 21.6 Å². The predicted octanol–water partition coefficient (Wildman–Crippen LogP) is 3.92. The maximum absolute atomic E-state index is 9.83. The molecule has 1 unspecified atom stereocenters. The Morgan fingerprint density at radius 2 is 1.75 bits per heavy atom. The Morgan fingerprint density at radius 3 is 2.30 bits per heavy atom. The van der Waals surface area contributed by atoms with E-state index in [0.717, 1.165) is 26.9 Å². The number of para-hydroxylation sites is 1. The fourth-order valence-electron chi connectivity index (χ4n) is 2.19. The Bertz CT molecular complexity index is 590. The van der Waals surface area contributed by atoms with E-state index < -0.39 is 0 Å². The Kier molecular flexibility index (Phi) is 4.68. The molecule has 0 heterocycles. The van der Waals surface area contributed by atoms with Gasteiger partial charge in [0.1, 0.15) is 5.75 Å². The molecule has 3 nitrogen and oxygen atoms in total. The maximum Gasteiger partial charge on any atom is 0.121 e. The standard InChI is InChI=1S/C16H18BrNO2/c1-10-7-12(8-11(2)16(10)20)15(9-19)18-14-6-4-3-5-13(14)17/h3-8,15,18-20H,9H2,1-2H3. The number of halogens is 1. The summed E-state index contributed by atoms with van der Waals surface area (Å²) in [7, 11) is 0. The zero-order valence-electron chi connectivity index (χ0n) is 11.5. The molecular weight excluding hydrogens is 318 g/mol. The summed E-state index contributed by atoms with van der Waals surface area (Å²) in [6.07, 6.45) is 0. The quantitative estimate of drug-likeness (QED) is 0.793. The molecule has 0 spiro atoms. The third-order valence-electron chi connectivity index (χ3n) is 3.30. The minimum absolute atomic E-state index is 0.0228. The fourth-order valence-corrected chi connectivity index (χ4v) is 2.59. The van der Waals surface area contributed by atoms with E-state index in [0.29, 0.717) is 5.75 Å². The minimum atomic E-state index is -0.216. The average molecular weight is 336 g/mol. The second-order valence-corrected chi connectivity index (χ2v) is 5.72. The van der Waals surface area contributed by atoms with Crippen LogP contribution in [0.5, 0.6) is 5.75 Å². The molecule has 2 rings (SSSR count). The van der Waals surface area contributed by atoms with Crippen LogP contribution in [0.2, 0.25) is 0 Å². The first-order chi connectivity index (χ1) is 9.52. The van der Waals surface area contributed by atoms with E-state index in [2.05, 4.69) is 21.2 Å². The first kappa shape index (κ1) is 14.9. The maximum atomic E-state index is 9.83. The summed E-state index contributed by atoms with van der Waals surface area (Å²) in [5, 5.41) is 22.8. The highest BCUT2D eigenvalue weighted by atomic mass is 79.9. The van der Waals surface area contributed by atoms with Gasteiger partial charge in [0.2, 0.25) is 0 Å². The molecular formula is C16H18BrNO2. The number of rotatable bonds is 4. The van der Waals surface area contributed by atoms with Gasteiger partial charge in [-0.05, 0) is 58.6 Å². The van der Waals surface area contributed by atoms with Gasteiger partial charge in [-0.3, -0.25) is 0 Å². The van der Waals surface area contributed by atoms with Gasteiger partial charge >= 0.3 is 0 Å². The van der Waals surface area contributed by atoms with Gasteiger partial charge in [0.15, 0.2) is 0 Å². The highest BCUT2D eigenvalue weighted by molar-refractivity contribution is 9.10. The average Bonchev–Trinajstić information content (AvgIpc) is 2.43. The Balaban J connectivity index is 2.31. The summed E-state index contributed by atoms with van der Waals surface area (Å²) < 4.78 is 0.950. The Labute approximate surface area is 127 Å². The second kappa shape index (κ2) is 6.29. The van der Waals surface area contributed by atoms with E-state index in [-0.39, 0.29) is 12.6 Å². The van der Waals surface area contributed by atoms with Crippen LogP contribution in [-0.4, -0.2) is 16.8 Å². The summed E-state index contributed by atoms with van der Waals surface area (Å²) in [6, 6.07) is 11.4. The van der Waals surface area contributed by atoms with Crippen LogP contribution in [0, 0.1) is 13.8 Å². The van der Waals surface area contributed by atoms with E-state index in [4.69, 9.17) is 0 Å². The van der Waals surface area contributed by atoms with Gasteiger partial charge < -0.3 is 15.5 Å². The van der Waals surface area contributed by atoms with Gasteiger partial charge in [-0.15, -0.1) is 0 Å². The lowest BCUT2D eigenvalue weighted by atomic mass is 10.0. The zero-order valence-corrected chi connectivity index (χ0v) is 13.1. The van der Waals surface area contributed by atoms with Gasteiger partial charge in [-0.2, -0.15) is 0 Å². The van der Waals surface area contributed by atoms with Crippen molar-refractivity contribution < 1.29 is 10.2 Å². The number of hydrogen-bond acceptors (Lipinski definition) is 3. The predicted molar refractivity (Wildman–Crippen MR) is 85.2 cm³/mol. The van der Waals surface area contributed by atoms with Crippen LogP contribution in [0.3, 0.4) is 0 Å². The van der Waals surface area contributed by atoms with Crippen LogP contribution < -0.4 is 5.32 Å². The van der Waals surface area contributed by atoms with Crippen LogP contribution in [0.4, 0.5) is 5.69 Å². The number of anilines is 1. The van der Waals surface area contributed by atoms with E-state index in [9.17, 15) is 10.2 Å². The molecule has 0 saturated heterocycles. The number of phenols is 1. The zero-order chi connectivity index (χ0) is 14.7. The lowest BCUT2D eigenvalue weighted by Crippen LogP contribution is -2.15. The molecule has 0 fully saturated rings. The Morgan fingerprint density at radius 1 is 1.15 bits per heavy atom. The molecule has 4 heteroatoms. The number of hydrogen-bond donors (Lipinski definition) is 3. The van der Waals surface area contributed by atoms with Crippen molar-refractivity contribution in [3.63, 3.8) is 0 Å². The number of aromatic hydroxyl groups is 1. The first-order valence-corrected chi connectivity index (χ1v) is 7.24. The third kappa shape index (κ3) is 3.14. The lowest BCUT2D eigenvalue weighted by molar-refractivity contribution is 0.276. The van der Waals surface area contributed by atoms with Crippen molar-refractivity contribution in [3.05, 3.63) is 57.6 Å². The molecule has 0 radical (unpaired) electrons. The lowest BCUT2D eigenvalue weighted by Gasteiger charge is -2.20. The number of aliphatic hydroxyl groups excluding tert-OH is 1. The van der Waals surface area contributed by atoms with Gasteiger partial charge in [0, 0.05) is 10.2 Å². The largest absolute Gasteiger partial charge is 0.507 e. The normalized spacial score (nSPS) is 12.2. The van der Waals surface area contributed by atoms with Crippen LogP contribution >= 0.6 is 15.9 Å². The summed E-state index contributed by atoms with van der Waals surface area (Å²) in [6.45, 7) is 3.70. The van der Waals surface area contributed by atoms with E-state index >= 15 is 0 Å². The van der Waals surface area contributed by atoms with Crippen molar-refractivity contribution in [1.29, 1.82) is 0 Å². The van der Waals surface area contributed by atoms with Crippen molar-refractivity contribution in [3.8, 4) is 5.75 Å². The number of nitrogens with one attached hydrogen (secondary N) is 1. The minimum Gasteiger partial charge on any atom is -0.507 e. The smallest absolute Gasteiger partial charge is 0.121 e. The first-order valence-electron chi connectivity index (χ1n) is 6.45. The van der Waals surface area contributed by atoms with Crippen LogP contribution in [-0.2, 0) is 0 Å². The molecule has 0 saturated carbocycles. The molecule has 0 aromatic heterocycles. The summed E-state index contributed by atoms with van der Waals surface area (Å²) in [5.74, 6) is 0.311. The highest BCUT2D eigenvalue weighted by Gasteiger charge is 2.14. The van der Waals surface area contributed by atoms with E-state index in [1.165, 1.54) is 0 Å². The molecule has 0 aliphatic heterocycles. The molecule has 0 aliphatic rings. The Hall–Kier alpha value is -1.52. The van der Waals surface area contributed by atoms with Crippen molar-refractivity contribution in [1.82, 2.24) is 0 Å². The van der Waals surface area contributed by atoms with Gasteiger partial charge in [0.05, 0.1) is 12.6 Å². The third-order valence-corrected chi connectivity index (χ3v) is 3.99. The van der Waals surface area contributed by atoms with Crippen molar-refractivity contribution in [2.45, 2.75) is 19.9 Å². The SMILES string of the molecule is Cc1cc(C(CO)Nc2ccccc2Br)cc(C)c1O. The van der Waals surface area contributed by atoms with Gasteiger partial charge in [-0.1, -0.05) is 24.3 Å². The summed E-state index contributed by atoms with van der Waals surface area (Å²) in [4.78, 5) is 0. The second-order valence-electron chi connectivity index (χ2n) is 4.86.